The van der Waals surface area contributed by atoms with E-state index in [9.17, 15) is 14.4 Å². The molecule has 0 atom stereocenters. The Morgan fingerprint density at radius 2 is 1.52 bits per heavy atom. The van der Waals surface area contributed by atoms with Crippen LogP contribution in [-0.2, 0) is 19.1 Å². The monoisotopic (exact) mass is 407 g/mol. The van der Waals surface area contributed by atoms with Gasteiger partial charge in [0.1, 0.15) is 6.61 Å². The number of hydrogen-bond acceptors (Lipinski definition) is 5. The predicted octanol–water partition coefficient (Wildman–Crippen LogP) is 3.78. The zero-order valence-corrected chi connectivity index (χ0v) is 17.1. The fourth-order valence-electron chi connectivity index (χ4n) is 3.03. The average Bonchev–Trinajstić information content (AvgIpc) is 2.70. The van der Waals surface area contributed by atoms with Gasteiger partial charge in [-0.15, -0.1) is 0 Å². The van der Waals surface area contributed by atoms with Crippen LogP contribution in [0.1, 0.15) is 25.0 Å². The molecular weight excluding hydrogens is 386 g/mol. The number of carbonyl (C=O) groups is 3. The molecule has 0 spiro atoms. The SMILES string of the molecule is C=C(C)C(=O)OCCNC(=O)C(C(C)=O)=C1c2ccccc2Sc2ccccc21. The molecule has 5 nitrogen and oxygen atoms in total. The van der Waals surface area contributed by atoms with Gasteiger partial charge in [0.25, 0.3) is 5.91 Å². The van der Waals surface area contributed by atoms with Crippen molar-refractivity contribution in [1.82, 2.24) is 5.32 Å². The van der Waals surface area contributed by atoms with Gasteiger partial charge in [-0.1, -0.05) is 54.7 Å². The first-order chi connectivity index (χ1) is 13.9. The molecule has 0 unspecified atom stereocenters. The zero-order chi connectivity index (χ0) is 21.0. The smallest absolute Gasteiger partial charge is 0.333 e. The van der Waals surface area contributed by atoms with Gasteiger partial charge >= 0.3 is 5.97 Å². The molecule has 0 fully saturated rings. The van der Waals surface area contributed by atoms with Gasteiger partial charge in [-0.2, -0.15) is 0 Å². The Labute approximate surface area is 173 Å². The van der Waals surface area contributed by atoms with Crippen LogP contribution in [0.4, 0.5) is 0 Å². The molecule has 0 radical (unpaired) electrons. The highest BCUT2D eigenvalue weighted by Gasteiger charge is 2.28. The molecule has 0 aromatic heterocycles. The van der Waals surface area contributed by atoms with Crippen molar-refractivity contribution >= 4 is 35.0 Å². The van der Waals surface area contributed by atoms with Gasteiger partial charge in [0, 0.05) is 20.9 Å². The van der Waals surface area contributed by atoms with E-state index in [0.29, 0.717) is 5.57 Å². The van der Waals surface area contributed by atoms with E-state index in [2.05, 4.69) is 11.9 Å². The van der Waals surface area contributed by atoms with Gasteiger partial charge in [0.15, 0.2) is 5.78 Å². The number of fused-ring (bicyclic) bond motifs is 2. The lowest BCUT2D eigenvalue weighted by Gasteiger charge is -2.24. The summed E-state index contributed by atoms with van der Waals surface area (Å²) in [7, 11) is 0. The third kappa shape index (κ3) is 4.49. The highest BCUT2D eigenvalue weighted by Crippen LogP contribution is 2.46. The number of rotatable bonds is 6. The predicted molar refractivity (Wildman–Crippen MR) is 112 cm³/mol. The summed E-state index contributed by atoms with van der Waals surface area (Å²) < 4.78 is 4.99. The molecule has 0 saturated heterocycles. The Morgan fingerprint density at radius 3 is 2.03 bits per heavy atom. The number of carbonyl (C=O) groups excluding carboxylic acids is 3. The van der Waals surface area contributed by atoms with Gasteiger partial charge in [-0.25, -0.2) is 4.79 Å². The molecule has 148 valence electrons. The Balaban J connectivity index is 1.95. The highest BCUT2D eigenvalue weighted by molar-refractivity contribution is 7.99. The maximum absolute atomic E-state index is 12.9. The molecular formula is C23H21NO4S. The van der Waals surface area contributed by atoms with Crippen LogP contribution in [0.2, 0.25) is 0 Å². The summed E-state index contributed by atoms with van der Waals surface area (Å²) in [6.07, 6.45) is 0. The Morgan fingerprint density at radius 1 is 0.966 bits per heavy atom. The van der Waals surface area contributed by atoms with Gasteiger partial charge in [0.2, 0.25) is 0 Å². The molecule has 1 aliphatic heterocycles. The van der Waals surface area contributed by atoms with E-state index in [0.717, 1.165) is 20.9 Å². The van der Waals surface area contributed by atoms with Crippen molar-refractivity contribution in [2.75, 3.05) is 13.2 Å². The van der Waals surface area contributed by atoms with E-state index in [1.807, 2.05) is 48.5 Å². The Hall–Kier alpha value is -3.12. The van der Waals surface area contributed by atoms with Gasteiger partial charge in [0.05, 0.1) is 12.1 Å². The molecule has 29 heavy (non-hydrogen) atoms. The van der Waals surface area contributed by atoms with Crippen LogP contribution in [-0.4, -0.2) is 30.8 Å². The second-order valence-electron chi connectivity index (χ2n) is 6.57. The summed E-state index contributed by atoms with van der Waals surface area (Å²) in [4.78, 5) is 38.9. The van der Waals surface area contributed by atoms with E-state index >= 15 is 0 Å². The van der Waals surface area contributed by atoms with Gasteiger partial charge < -0.3 is 10.1 Å². The molecule has 1 heterocycles. The number of benzene rings is 2. The molecule has 2 aromatic carbocycles. The third-order valence-corrected chi connectivity index (χ3v) is 5.48. The summed E-state index contributed by atoms with van der Waals surface area (Å²) in [5.74, 6) is -1.33. The van der Waals surface area contributed by atoms with Crippen LogP contribution in [0, 0.1) is 0 Å². The first-order valence-corrected chi connectivity index (χ1v) is 9.94. The van der Waals surface area contributed by atoms with Crippen molar-refractivity contribution in [3.63, 3.8) is 0 Å². The largest absolute Gasteiger partial charge is 0.460 e. The number of ether oxygens (including phenoxy) is 1. The van der Waals surface area contributed by atoms with E-state index in [4.69, 9.17) is 4.74 Å². The van der Waals surface area contributed by atoms with Gasteiger partial charge in [-0.05, 0) is 37.1 Å². The van der Waals surface area contributed by atoms with Crippen molar-refractivity contribution in [2.24, 2.45) is 0 Å². The number of Topliss-reactive ketones (excluding diaryl/α,β-unsaturated/α-hetero) is 1. The summed E-state index contributed by atoms with van der Waals surface area (Å²) in [5.41, 5.74) is 2.71. The van der Waals surface area contributed by atoms with E-state index in [-0.39, 0.29) is 30.1 Å². The van der Waals surface area contributed by atoms with Crippen LogP contribution >= 0.6 is 11.8 Å². The quantitative estimate of drug-likeness (QED) is 0.221. The molecule has 0 saturated carbocycles. The average molecular weight is 407 g/mol. The van der Waals surface area contributed by atoms with Gasteiger partial charge in [-0.3, -0.25) is 9.59 Å². The van der Waals surface area contributed by atoms with Crippen LogP contribution < -0.4 is 5.32 Å². The molecule has 1 aliphatic rings. The maximum Gasteiger partial charge on any atom is 0.333 e. The molecule has 1 amide bonds. The van der Waals surface area contributed by atoms with Crippen molar-refractivity contribution < 1.29 is 19.1 Å². The van der Waals surface area contributed by atoms with Crippen molar-refractivity contribution in [3.8, 4) is 0 Å². The fraction of sp³-hybridized carbons (Fsp3) is 0.174. The topological polar surface area (TPSA) is 72.5 Å². The summed E-state index contributed by atoms with van der Waals surface area (Å²) in [6, 6.07) is 15.4. The van der Waals surface area contributed by atoms with Crippen molar-refractivity contribution in [2.45, 2.75) is 23.6 Å². The lowest BCUT2D eigenvalue weighted by molar-refractivity contribution is -0.139. The second-order valence-corrected chi connectivity index (χ2v) is 7.66. The first-order valence-electron chi connectivity index (χ1n) is 9.13. The minimum absolute atomic E-state index is 0.000969. The number of esters is 1. The zero-order valence-electron chi connectivity index (χ0n) is 16.3. The lowest BCUT2D eigenvalue weighted by atomic mass is 9.90. The van der Waals surface area contributed by atoms with Crippen molar-refractivity contribution in [3.05, 3.63) is 77.4 Å². The fourth-order valence-corrected chi connectivity index (χ4v) is 4.12. The highest BCUT2D eigenvalue weighted by atomic mass is 32.2. The van der Waals surface area contributed by atoms with Crippen LogP contribution in [0.25, 0.3) is 5.57 Å². The van der Waals surface area contributed by atoms with Crippen molar-refractivity contribution in [1.29, 1.82) is 0 Å². The number of ketones is 1. The molecule has 2 aromatic rings. The number of hydrogen-bond donors (Lipinski definition) is 1. The third-order valence-electron chi connectivity index (χ3n) is 4.33. The van der Waals surface area contributed by atoms with Crippen LogP contribution in [0.15, 0.2) is 76.0 Å². The summed E-state index contributed by atoms with van der Waals surface area (Å²) >= 11 is 1.61. The molecule has 6 heteroatoms. The summed E-state index contributed by atoms with van der Waals surface area (Å²) in [6.45, 7) is 6.54. The minimum atomic E-state index is -0.517. The summed E-state index contributed by atoms with van der Waals surface area (Å²) in [5, 5.41) is 2.69. The number of amides is 1. The molecule has 0 aliphatic carbocycles. The van der Waals surface area contributed by atoms with E-state index in [1.54, 1.807) is 18.7 Å². The lowest BCUT2D eigenvalue weighted by Crippen LogP contribution is -2.32. The Bertz CT molecular complexity index is 991. The van der Waals surface area contributed by atoms with E-state index < -0.39 is 11.9 Å². The standard InChI is InChI=1S/C23H21NO4S/c1-14(2)23(27)28-13-12-24-22(26)20(15(3)25)21-16-8-4-6-10-18(16)29-19-11-7-5-9-17(19)21/h4-11H,1,12-13H2,2-3H3,(H,24,26). The second kappa shape index (κ2) is 8.92. The normalized spacial score (nSPS) is 11.7. The van der Waals surface area contributed by atoms with Crippen LogP contribution in [0.3, 0.4) is 0 Å². The molecule has 1 N–H and O–H groups in total. The van der Waals surface area contributed by atoms with E-state index in [1.165, 1.54) is 6.92 Å². The first kappa shape index (κ1) is 20.6. The number of nitrogens with one attached hydrogen (secondary N) is 1. The van der Waals surface area contributed by atoms with Crippen LogP contribution in [0.5, 0.6) is 0 Å². The molecule has 3 rings (SSSR count). The Kier molecular flexibility index (Phi) is 6.34. The maximum atomic E-state index is 12.9. The molecule has 0 bridgehead atoms. The minimum Gasteiger partial charge on any atom is -0.460 e.